The van der Waals surface area contributed by atoms with Gasteiger partial charge in [0.05, 0.1) is 19.8 Å². The molecule has 0 aliphatic carbocycles. The number of nitrogens with zero attached hydrogens (tertiary/aromatic N) is 2. The number of methoxy groups -OCH3 is 1. The third kappa shape index (κ3) is 3.39. The Labute approximate surface area is 130 Å². The SMILES string of the molecule is CCOC(=O)C(=O)N1CCN(C)C(c2ccccc2OC)C1. The number of likely N-dealkylation sites (N-methyl/N-ethyl adjacent to an activating group) is 1. The fourth-order valence-corrected chi connectivity index (χ4v) is 2.66. The lowest BCUT2D eigenvalue weighted by molar-refractivity contribution is -0.161. The van der Waals surface area contributed by atoms with E-state index in [1.807, 2.05) is 31.3 Å². The first-order chi connectivity index (χ1) is 10.6. The van der Waals surface area contributed by atoms with Crippen molar-refractivity contribution in [3.63, 3.8) is 0 Å². The minimum absolute atomic E-state index is 0.0109. The second kappa shape index (κ2) is 7.26. The second-order valence-electron chi connectivity index (χ2n) is 5.21. The quantitative estimate of drug-likeness (QED) is 0.618. The summed E-state index contributed by atoms with van der Waals surface area (Å²) >= 11 is 0. The Bertz CT molecular complexity index is 547. The molecule has 6 nitrogen and oxygen atoms in total. The number of hydrogen-bond donors (Lipinski definition) is 0. The van der Waals surface area contributed by atoms with Gasteiger partial charge in [-0.05, 0) is 20.0 Å². The highest BCUT2D eigenvalue weighted by molar-refractivity contribution is 6.32. The summed E-state index contributed by atoms with van der Waals surface area (Å²) in [5.41, 5.74) is 1.01. The fourth-order valence-electron chi connectivity index (χ4n) is 2.66. The van der Waals surface area contributed by atoms with Crippen LogP contribution in [0.2, 0.25) is 0 Å². The first kappa shape index (κ1) is 16.3. The van der Waals surface area contributed by atoms with Crippen LogP contribution >= 0.6 is 0 Å². The molecular weight excluding hydrogens is 284 g/mol. The van der Waals surface area contributed by atoms with Crippen LogP contribution in [0.5, 0.6) is 5.75 Å². The number of piperazine rings is 1. The van der Waals surface area contributed by atoms with E-state index < -0.39 is 11.9 Å². The smallest absolute Gasteiger partial charge is 0.397 e. The van der Waals surface area contributed by atoms with Crippen LogP contribution in [0.3, 0.4) is 0 Å². The largest absolute Gasteiger partial charge is 0.496 e. The average molecular weight is 306 g/mol. The number of amides is 1. The summed E-state index contributed by atoms with van der Waals surface area (Å²) in [5, 5.41) is 0. The lowest BCUT2D eigenvalue weighted by Gasteiger charge is -2.39. The minimum Gasteiger partial charge on any atom is -0.496 e. The number of ether oxygens (including phenoxy) is 2. The van der Waals surface area contributed by atoms with E-state index in [1.165, 1.54) is 0 Å². The van der Waals surface area contributed by atoms with Crippen LogP contribution in [0, 0.1) is 0 Å². The number of carbonyl (C=O) groups excluding carboxylic acids is 2. The zero-order valence-corrected chi connectivity index (χ0v) is 13.2. The van der Waals surface area contributed by atoms with Crippen LogP contribution in [0.25, 0.3) is 0 Å². The van der Waals surface area contributed by atoms with E-state index in [9.17, 15) is 9.59 Å². The van der Waals surface area contributed by atoms with Gasteiger partial charge < -0.3 is 14.4 Å². The number of esters is 1. The Hall–Kier alpha value is -2.08. The van der Waals surface area contributed by atoms with Gasteiger partial charge in [0.15, 0.2) is 0 Å². The van der Waals surface area contributed by atoms with E-state index >= 15 is 0 Å². The van der Waals surface area contributed by atoms with E-state index in [1.54, 1.807) is 18.9 Å². The highest BCUT2D eigenvalue weighted by Gasteiger charge is 2.33. The Morgan fingerprint density at radius 2 is 2.00 bits per heavy atom. The number of benzene rings is 1. The van der Waals surface area contributed by atoms with Gasteiger partial charge in [-0.3, -0.25) is 9.69 Å². The Balaban J connectivity index is 2.18. The van der Waals surface area contributed by atoms with Crippen molar-refractivity contribution in [2.24, 2.45) is 0 Å². The zero-order valence-electron chi connectivity index (χ0n) is 13.2. The van der Waals surface area contributed by atoms with E-state index in [0.717, 1.165) is 11.3 Å². The fraction of sp³-hybridized carbons (Fsp3) is 0.500. The first-order valence-corrected chi connectivity index (χ1v) is 7.37. The molecule has 0 radical (unpaired) electrons. The lowest BCUT2D eigenvalue weighted by Crippen LogP contribution is -2.51. The highest BCUT2D eigenvalue weighted by atomic mass is 16.5. The molecule has 1 aliphatic rings. The second-order valence-corrected chi connectivity index (χ2v) is 5.21. The van der Waals surface area contributed by atoms with Crippen molar-refractivity contribution < 1.29 is 19.1 Å². The van der Waals surface area contributed by atoms with Gasteiger partial charge in [0, 0.05) is 25.2 Å². The Morgan fingerprint density at radius 3 is 2.68 bits per heavy atom. The maximum atomic E-state index is 12.1. The molecule has 1 saturated heterocycles. The van der Waals surface area contributed by atoms with Crippen molar-refractivity contribution in [2.75, 3.05) is 40.4 Å². The molecule has 0 spiro atoms. The highest BCUT2D eigenvalue weighted by Crippen LogP contribution is 2.31. The molecule has 0 saturated carbocycles. The van der Waals surface area contributed by atoms with Gasteiger partial charge >= 0.3 is 11.9 Å². The maximum absolute atomic E-state index is 12.1. The summed E-state index contributed by atoms with van der Waals surface area (Å²) in [6, 6.07) is 7.72. The molecule has 1 atom stereocenters. The van der Waals surface area contributed by atoms with Crippen LogP contribution in [0.15, 0.2) is 24.3 Å². The van der Waals surface area contributed by atoms with Crippen LogP contribution < -0.4 is 4.74 Å². The Kier molecular flexibility index (Phi) is 5.38. The zero-order chi connectivity index (χ0) is 16.1. The predicted molar refractivity (Wildman–Crippen MR) is 81.6 cm³/mol. The van der Waals surface area contributed by atoms with Crippen molar-refractivity contribution in [1.29, 1.82) is 0 Å². The van der Waals surface area contributed by atoms with Crippen LogP contribution in [0.1, 0.15) is 18.5 Å². The molecule has 1 heterocycles. The monoisotopic (exact) mass is 306 g/mol. The van der Waals surface area contributed by atoms with Gasteiger partial charge in [-0.25, -0.2) is 4.79 Å². The molecule has 0 aromatic heterocycles. The summed E-state index contributed by atoms with van der Waals surface area (Å²) < 4.78 is 10.2. The van der Waals surface area contributed by atoms with Crippen LogP contribution in [-0.2, 0) is 14.3 Å². The van der Waals surface area contributed by atoms with Gasteiger partial charge in [-0.2, -0.15) is 0 Å². The summed E-state index contributed by atoms with van der Waals surface area (Å²) in [6.07, 6.45) is 0. The van der Waals surface area contributed by atoms with Gasteiger partial charge in [-0.15, -0.1) is 0 Å². The van der Waals surface area contributed by atoms with Crippen molar-refractivity contribution in [3.8, 4) is 5.75 Å². The molecule has 1 aromatic carbocycles. The van der Waals surface area contributed by atoms with Crippen molar-refractivity contribution >= 4 is 11.9 Å². The van der Waals surface area contributed by atoms with Crippen molar-refractivity contribution in [1.82, 2.24) is 9.80 Å². The number of hydrogen-bond acceptors (Lipinski definition) is 5. The summed E-state index contributed by atoms with van der Waals surface area (Å²) in [6.45, 7) is 3.53. The van der Waals surface area contributed by atoms with Crippen LogP contribution in [-0.4, -0.2) is 62.1 Å². The molecule has 1 fully saturated rings. The van der Waals surface area contributed by atoms with E-state index in [2.05, 4.69) is 4.90 Å². The first-order valence-electron chi connectivity index (χ1n) is 7.37. The topological polar surface area (TPSA) is 59.1 Å². The molecule has 1 aliphatic heterocycles. The number of rotatable bonds is 3. The van der Waals surface area contributed by atoms with E-state index in [4.69, 9.17) is 9.47 Å². The van der Waals surface area contributed by atoms with E-state index in [0.29, 0.717) is 19.6 Å². The summed E-state index contributed by atoms with van der Waals surface area (Å²) in [4.78, 5) is 27.5. The van der Waals surface area contributed by atoms with Crippen molar-refractivity contribution in [2.45, 2.75) is 13.0 Å². The third-order valence-electron chi connectivity index (χ3n) is 3.88. The molecule has 120 valence electrons. The van der Waals surface area contributed by atoms with Gasteiger partial charge in [-0.1, -0.05) is 18.2 Å². The normalized spacial score (nSPS) is 18.9. The lowest BCUT2D eigenvalue weighted by atomic mass is 10.0. The summed E-state index contributed by atoms with van der Waals surface area (Å²) in [7, 11) is 3.63. The number of para-hydroxylation sites is 1. The van der Waals surface area contributed by atoms with Crippen LogP contribution in [0.4, 0.5) is 0 Å². The molecule has 6 heteroatoms. The van der Waals surface area contributed by atoms with Crippen molar-refractivity contribution in [3.05, 3.63) is 29.8 Å². The summed E-state index contributed by atoms with van der Waals surface area (Å²) in [5.74, 6) is -0.578. The van der Waals surface area contributed by atoms with Gasteiger partial charge in [0.25, 0.3) is 0 Å². The molecule has 0 bridgehead atoms. The molecular formula is C16H22N2O4. The minimum atomic E-state index is -0.786. The molecule has 2 rings (SSSR count). The molecule has 1 aromatic rings. The maximum Gasteiger partial charge on any atom is 0.397 e. The third-order valence-corrected chi connectivity index (χ3v) is 3.88. The Morgan fingerprint density at radius 1 is 1.27 bits per heavy atom. The van der Waals surface area contributed by atoms with Gasteiger partial charge in [0.1, 0.15) is 5.75 Å². The van der Waals surface area contributed by atoms with Gasteiger partial charge in [0.2, 0.25) is 0 Å². The molecule has 1 unspecified atom stereocenters. The standard InChI is InChI=1S/C16H22N2O4/c1-4-22-16(20)15(19)18-10-9-17(2)13(11-18)12-7-5-6-8-14(12)21-3/h5-8,13H,4,9-11H2,1-3H3. The molecule has 22 heavy (non-hydrogen) atoms. The van der Waals surface area contributed by atoms with E-state index in [-0.39, 0.29) is 12.6 Å². The predicted octanol–water partition coefficient (Wildman–Crippen LogP) is 1.07. The number of carbonyl (C=O) groups is 2. The average Bonchev–Trinajstić information content (AvgIpc) is 2.55. The molecule has 1 amide bonds. The molecule has 0 N–H and O–H groups in total.